The lowest BCUT2D eigenvalue weighted by molar-refractivity contribution is -1.03. The van der Waals surface area contributed by atoms with E-state index in [0.29, 0.717) is 5.92 Å². The third-order valence-corrected chi connectivity index (χ3v) is 2.14. The van der Waals surface area contributed by atoms with E-state index in [1.165, 1.54) is 7.05 Å². The van der Waals surface area contributed by atoms with Crippen LogP contribution in [0.1, 0.15) is 26.2 Å². The van der Waals surface area contributed by atoms with E-state index in [1.54, 1.807) is 0 Å². The molecule has 0 aromatic heterocycles. The number of rotatable bonds is 3. The molecule has 0 aliphatic heterocycles. The molecule has 1 fully saturated rings. The first-order valence-corrected chi connectivity index (χ1v) is 4.35. The van der Waals surface area contributed by atoms with Crippen molar-refractivity contribution in [1.29, 1.82) is 0 Å². The largest absolute Gasteiger partial charge is 0.591 e. The highest BCUT2D eigenvalue weighted by Gasteiger charge is 2.22. The third kappa shape index (κ3) is 2.87. The zero-order valence-corrected chi connectivity index (χ0v) is 7.87. The fourth-order valence-electron chi connectivity index (χ4n) is 1.52. The lowest BCUT2D eigenvalue weighted by atomic mass is 10.1. The van der Waals surface area contributed by atoms with E-state index in [4.69, 9.17) is 10.1 Å². The van der Waals surface area contributed by atoms with Gasteiger partial charge in [-0.1, -0.05) is 6.92 Å². The molecule has 1 rings (SSSR count). The second kappa shape index (κ2) is 4.45. The van der Waals surface area contributed by atoms with Gasteiger partial charge in [0.2, 0.25) is 0 Å². The van der Waals surface area contributed by atoms with Gasteiger partial charge in [0.05, 0.1) is 0 Å². The first-order valence-electron chi connectivity index (χ1n) is 4.35. The van der Waals surface area contributed by atoms with Crippen LogP contribution >= 0.6 is 0 Å². The van der Waals surface area contributed by atoms with Crippen LogP contribution in [-0.4, -0.2) is 12.3 Å². The Kier molecular flexibility index (Phi) is 3.53. The minimum atomic E-state index is -0.476. The summed E-state index contributed by atoms with van der Waals surface area (Å²) < 4.78 is 0. The Labute approximate surface area is 77.0 Å². The average molecular weight is 189 g/mol. The van der Waals surface area contributed by atoms with Crippen molar-refractivity contribution in [3.8, 4) is 0 Å². The number of nitrogens with one attached hydrogen (secondary N) is 1. The van der Waals surface area contributed by atoms with Crippen molar-refractivity contribution < 1.29 is 20.2 Å². The normalized spacial score (nSPS) is 28.5. The molecule has 0 saturated heterocycles. The average Bonchev–Trinajstić information content (AvgIpc) is 2.47. The fourth-order valence-corrected chi connectivity index (χ4v) is 1.52. The molecule has 0 aromatic carbocycles. The van der Waals surface area contributed by atoms with E-state index in [2.05, 4.69) is 11.8 Å². The molecule has 2 atom stereocenters. The van der Waals surface area contributed by atoms with Crippen LogP contribution in [0.2, 0.25) is 0 Å². The van der Waals surface area contributed by atoms with Crippen LogP contribution in [0.4, 0.5) is 0 Å². The van der Waals surface area contributed by atoms with Crippen LogP contribution in [0, 0.1) is 11.1 Å². The number of allylic oxidation sites excluding steroid dienone is 1. The van der Waals surface area contributed by atoms with Crippen LogP contribution in [0.15, 0.2) is 11.5 Å². The Morgan fingerprint density at radius 2 is 2.38 bits per heavy atom. The highest BCUT2D eigenvalue weighted by molar-refractivity contribution is 5.08. The van der Waals surface area contributed by atoms with Crippen LogP contribution in [0.5, 0.6) is 0 Å². The zero-order valence-electron chi connectivity index (χ0n) is 7.87. The molecule has 13 heavy (non-hydrogen) atoms. The maximum absolute atomic E-state index is 10.6. The molecule has 0 radical (unpaired) electrons. The Balaban J connectivity index is 2.62. The Hall–Kier alpha value is -0.780. The standard InChI is InChI=1S/C8H15NO4/c1-6-3-4-7(5-6)8(13-11)12-9(2)10/h6,9,11H,3-5H2,1-2H3/b8-7+. The van der Waals surface area contributed by atoms with E-state index in [-0.39, 0.29) is 5.95 Å². The molecule has 2 unspecified atom stereocenters. The van der Waals surface area contributed by atoms with Crippen molar-refractivity contribution in [3.63, 3.8) is 0 Å². The Bertz CT molecular complexity index is 202. The first kappa shape index (κ1) is 10.3. The summed E-state index contributed by atoms with van der Waals surface area (Å²) in [5, 5.41) is 18.6. The van der Waals surface area contributed by atoms with Crippen molar-refractivity contribution in [2.24, 2.45) is 5.92 Å². The minimum Gasteiger partial charge on any atom is -0.591 e. The van der Waals surface area contributed by atoms with E-state index in [1.807, 2.05) is 0 Å². The fraction of sp³-hybridized carbons (Fsp3) is 0.750. The summed E-state index contributed by atoms with van der Waals surface area (Å²) in [5.74, 6) is 0.535. The van der Waals surface area contributed by atoms with Gasteiger partial charge in [-0.2, -0.15) is 10.5 Å². The molecule has 1 aliphatic rings. The summed E-state index contributed by atoms with van der Waals surface area (Å²) >= 11 is 0. The van der Waals surface area contributed by atoms with Gasteiger partial charge in [0, 0.05) is 5.57 Å². The number of hydrogen-bond acceptors (Lipinski definition) is 4. The summed E-state index contributed by atoms with van der Waals surface area (Å²) in [4.78, 5) is 8.73. The van der Waals surface area contributed by atoms with Crippen LogP contribution < -0.4 is 5.23 Å². The number of hydroxylamine groups is 2. The summed E-state index contributed by atoms with van der Waals surface area (Å²) in [6.07, 6.45) is 2.69. The number of hydrogen-bond donors (Lipinski definition) is 2. The molecular formula is C8H15NO4. The van der Waals surface area contributed by atoms with Gasteiger partial charge in [0.25, 0.3) is 0 Å². The van der Waals surface area contributed by atoms with Crippen LogP contribution in [-0.2, 0) is 9.73 Å². The smallest absolute Gasteiger partial charge is 0.376 e. The Morgan fingerprint density at radius 1 is 1.69 bits per heavy atom. The summed E-state index contributed by atoms with van der Waals surface area (Å²) in [6.45, 7) is 2.11. The summed E-state index contributed by atoms with van der Waals surface area (Å²) in [5.41, 5.74) is 0.880. The lowest BCUT2D eigenvalue weighted by Crippen LogP contribution is -3.02. The van der Waals surface area contributed by atoms with Gasteiger partial charge in [-0.15, -0.1) is 0 Å². The molecule has 1 aliphatic carbocycles. The van der Waals surface area contributed by atoms with E-state index < -0.39 is 5.23 Å². The molecule has 0 aromatic rings. The first-order chi connectivity index (χ1) is 6.13. The minimum absolute atomic E-state index is 0.0307. The molecule has 5 nitrogen and oxygen atoms in total. The van der Waals surface area contributed by atoms with Crippen LogP contribution in [0.25, 0.3) is 0 Å². The van der Waals surface area contributed by atoms with Gasteiger partial charge in [-0.05, 0) is 25.2 Å². The van der Waals surface area contributed by atoms with Gasteiger partial charge in [0.1, 0.15) is 7.05 Å². The molecule has 0 amide bonds. The lowest BCUT2D eigenvalue weighted by Gasteiger charge is -2.15. The topological polar surface area (TPSA) is 66.2 Å². The van der Waals surface area contributed by atoms with Gasteiger partial charge in [0.15, 0.2) is 0 Å². The molecule has 5 heteroatoms. The van der Waals surface area contributed by atoms with E-state index >= 15 is 0 Å². The van der Waals surface area contributed by atoms with Crippen molar-refractivity contribution in [2.75, 3.05) is 7.05 Å². The highest BCUT2D eigenvalue weighted by atomic mass is 17.2. The van der Waals surface area contributed by atoms with Crippen molar-refractivity contribution in [2.45, 2.75) is 26.2 Å². The molecule has 1 saturated carbocycles. The second-order valence-corrected chi connectivity index (χ2v) is 3.42. The molecule has 0 bridgehead atoms. The second-order valence-electron chi connectivity index (χ2n) is 3.42. The predicted molar refractivity (Wildman–Crippen MR) is 45.1 cm³/mol. The summed E-state index contributed by atoms with van der Waals surface area (Å²) in [6, 6.07) is 0. The molecule has 2 N–H and O–H groups in total. The van der Waals surface area contributed by atoms with Gasteiger partial charge in [-0.25, -0.2) is 0 Å². The quantitative estimate of drug-likeness (QED) is 0.384. The van der Waals surface area contributed by atoms with E-state index in [9.17, 15) is 5.21 Å². The molecular weight excluding hydrogens is 174 g/mol. The van der Waals surface area contributed by atoms with Gasteiger partial charge in [-0.3, -0.25) is 9.73 Å². The zero-order chi connectivity index (χ0) is 9.84. The summed E-state index contributed by atoms with van der Waals surface area (Å²) in [7, 11) is 1.28. The third-order valence-electron chi connectivity index (χ3n) is 2.14. The Morgan fingerprint density at radius 3 is 2.77 bits per heavy atom. The van der Waals surface area contributed by atoms with Crippen molar-refractivity contribution in [3.05, 3.63) is 16.7 Å². The SMILES string of the molecule is CC1CC/C(=C(\OO)O[NH+](C)[O-])C1. The monoisotopic (exact) mass is 189 g/mol. The predicted octanol–water partition coefficient (Wildman–Crippen LogP) is 0.452. The van der Waals surface area contributed by atoms with Crippen molar-refractivity contribution in [1.82, 2.24) is 0 Å². The van der Waals surface area contributed by atoms with E-state index in [0.717, 1.165) is 24.8 Å². The highest BCUT2D eigenvalue weighted by Crippen LogP contribution is 2.31. The number of quaternary nitrogens is 1. The molecule has 0 spiro atoms. The van der Waals surface area contributed by atoms with Gasteiger partial charge < -0.3 is 5.21 Å². The van der Waals surface area contributed by atoms with Gasteiger partial charge >= 0.3 is 5.95 Å². The maximum atomic E-state index is 10.6. The maximum Gasteiger partial charge on any atom is 0.376 e. The molecule has 0 heterocycles. The van der Waals surface area contributed by atoms with Crippen molar-refractivity contribution >= 4 is 0 Å². The van der Waals surface area contributed by atoms with Crippen LogP contribution in [0.3, 0.4) is 0 Å². The molecule has 76 valence electrons.